The Morgan fingerprint density at radius 2 is 1.65 bits per heavy atom. The van der Waals surface area contributed by atoms with Crippen molar-refractivity contribution in [3.05, 3.63) is 41.3 Å². The van der Waals surface area contributed by atoms with Crippen molar-refractivity contribution in [1.82, 2.24) is 4.98 Å². The van der Waals surface area contributed by atoms with Crippen molar-refractivity contribution in [2.45, 2.75) is 40.3 Å². The largest absolute Gasteiger partial charge is 0.441 e. The molecule has 1 heterocycles. The Kier molecular flexibility index (Phi) is 5.36. The van der Waals surface area contributed by atoms with Crippen LogP contribution in [0.1, 0.15) is 37.8 Å². The topological polar surface area (TPSA) is 26.0 Å². The number of halogens is 3. The fourth-order valence-corrected chi connectivity index (χ4v) is 1.68. The summed E-state index contributed by atoms with van der Waals surface area (Å²) in [6, 6.07) is 4.79. The van der Waals surface area contributed by atoms with E-state index in [0.29, 0.717) is 17.2 Å². The summed E-state index contributed by atoms with van der Waals surface area (Å²) >= 11 is 0. The van der Waals surface area contributed by atoms with E-state index < -0.39 is 11.7 Å². The van der Waals surface area contributed by atoms with Crippen LogP contribution in [0.15, 0.2) is 28.7 Å². The summed E-state index contributed by atoms with van der Waals surface area (Å²) in [5.41, 5.74) is 0.695. The van der Waals surface area contributed by atoms with Crippen LogP contribution in [0, 0.1) is 6.92 Å². The molecule has 0 N–H and O–H groups in total. The normalized spacial score (nSPS) is 10.9. The summed E-state index contributed by atoms with van der Waals surface area (Å²) in [7, 11) is 0. The molecule has 5 heteroatoms. The highest BCUT2D eigenvalue weighted by atomic mass is 19.4. The zero-order chi connectivity index (χ0) is 15.3. The number of alkyl halides is 3. The first-order valence-corrected chi connectivity index (χ1v) is 6.55. The van der Waals surface area contributed by atoms with Crippen molar-refractivity contribution in [2.75, 3.05) is 0 Å². The minimum Gasteiger partial charge on any atom is -0.441 e. The average molecular weight is 285 g/mol. The van der Waals surface area contributed by atoms with E-state index in [-0.39, 0.29) is 0 Å². The van der Waals surface area contributed by atoms with Crippen LogP contribution >= 0.6 is 0 Å². The van der Waals surface area contributed by atoms with E-state index >= 15 is 0 Å². The molecule has 0 radical (unpaired) electrons. The van der Waals surface area contributed by atoms with Gasteiger partial charge in [0.05, 0.1) is 11.3 Å². The molecule has 0 unspecified atom stereocenters. The minimum absolute atomic E-state index is 0.359. The van der Waals surface area contributed by atoms with Gasteiger partial charge in [0.1, 0.15) is 5.76 Å². The van der Waals surface area contributed by atoms with Crippen LogP contribution in [0.4, 0.5) is 13.2 Å². The highest BCUT2D eigenvalue weighted by molar-refractivity contribution is 5.54. The third-order valence-electron chi connectivity index (χ3n) is 2.69. The lowest BCUT2D eigenvalue weighted by Gasteiger charge is -2.06. The maximum absolute atomic E-state index is 12.4. The molecular weight excluding hydrogens is 267 g/mol. The molecular formula is C15H18F3NO. The van der Waals surface area contributed by atoms with E-state index in [2.05, 4.69) is 4.98 Å². The van der Waals surface area contributed by atoms with E-state index in [1.54, 1.807) is 6.92 Å². The second kappa shape index (κ2) is 6.59. The zero-order valence-corrected chi connectivity index (χ0v) is 12.0. The molecule has 0 saturated carbocycles. The number of nitrogens with zero attached hydrogens (tertiary/aromatic N) is 1. The second-order valence-electron chi connectivity index (χ2n) is 3.95. The Bertz CT molecular complexity index is 541. The lowest BCUT2D eigenvalue weighted by molar-refractivity contribution is -0.137. The standard InChI is InChI=1S/C13H12F3NO.C2H6/c1-3-11-8(2)18-12(17-11)9-4-6-10(7-5-9)13(14,15)16;1-2/h4-7H,3H2,1-2H3;1-2H3. The molecule has 2 nitrogen and oxygen atoms in total. The molecule has 20 heavy (non-hydrogen) atoms. The third kappa shape index (κ3) is 3.62. The first-order chi connectivity index (χ1) is 9.41. The van der Waals surface area contributed by atoms with E-state index in [1.165, 1.54) is 12.1 Å². The predicted molar refractivity (Wildman–Crippen MR) is 72.4 cm³/mol. The van der Waals surface area contributed by atoms with Gasteiger partial charge in [-0.2, -0.15) is 13.2 Å². The van der Waals surface area contributed by atoms with Gasteiger partial charge in [-0.25, -0.2) is 4.98 Å². The van der Waals surface area contributed by atoms with Gasteiger partial charge in [-0.3, -0.25) is 0 Å². The Hall–Kier alpha value is -1.78. The van der Waals surface area contributed by atoms with Crippen LogP contribution in [0.25, 0.3) is 11.5 Å². The summed E-state index contributed by atoms with van der Waals surface area (Å²) in [5, 5.41) is 0. The molecule has 1 aromatic carbocycles. The second-order valence-corrected chi connectivity index (χ2v) is 3.95. The molecule has 0 aliphatic rings. The third-order valence-corrected chi connectivity index (χ3v) is 2.69. The van der Waals surface area contributed by atoms with Gasteiger partial charge in [-0.05, 0) is 37.6 Å². The number of aromatic nitrogens is 1. The number of aryl methyl sites for hydroxylation is 2. The number of hydrogen-bond acceptors (Lipinski definition) is 2. The highest BCUT2D eigenvalue weighted by Gasteiger charge is 2.30. The number of hydrogen-bond donors (Lipinski definition) is 0. The Balaban J connectivity index is 0.000000956. The molecule has 0 saturated heterocycles. The van der Waals surface area contributed by atoms with Crippen molar-refractivity contribution < 1.29 is 17.6 Å². The quantitative estimate of drug-likeness (QED) is 0.752. The molecule has 0 fully saturated rings. The van der Waals surface area contributed by atoms with Crippen molar-refractivity contribution in [3.8, 4) is 11.5 Å². The Morgan fingerprint density at radius 1 is 1.10 bits per heavy atom. The van der Waals surface area contributed by atoms with Crippen LogP contribution < -0.4 is 0 Å². The molecule has 110 valence electrons. The van der Waals surface area contributed by atoms with Gasteiger partial charge in [-0.1, -0.05) is 20.8 Å². The van der Waals surface area contributed by atoms with Crippen molar-refractivity contribution in [3.63, 3.8) is 0 Å². The van der Waals surface area contributed by atoms with Gasteiger partial charge in [0.15, 0.2) is 0 Å². The maximum Gasteiger partial charge on any atom is 0.416 e. The van der Waals surface area contributed by atoms with E-state index in [0.717, 1.165) is 24.2 Å². The van der Waals surface area contributed by atoms with Gasteiger partial charge < -0.3 is 4.42 Å². The summed E-state index contributed by atoms with van der Waals surface area (Å²) in [5.74, 6) is 1.06. The predicted octanol–water partition coefficient (Wildman–Crippen LogP) is 5.26. The van der Waals surface area contributed by atoms with Crippen LogP contribution in [0.5, 0.6) is 0 Å². The first kappa shape index (κ1) is 16.3. The highest BCUT2D eigenvalue weighted by Crippen LogP contribution is 2.31. The van der Waals surface area contributed by atoms with Crippen molar-refractivity contribution in [1.29, 1.82) is 0 Å². The van der Waals surface area contributed by atoms with Crippen molar-refractivity contribution in [2.24, 2.45) is 0 Å². The molecule has 2 aromatic rings. The fourth-order valence-electron chi connectivity index (χ4n) is 1.68. The summed E-state index contributed by atoms with van der Waals surface area (Å²) in [6.45, 7) is 7.74. The van der Waals surface area contributed by atoms with Crippen LogP contribution in [0.3, 0.4) is 0 Å². The molecule has 2 rings (SSSR count). The molecule has 0 atom stereocenters. The molecule has 0 bridgehead atoms. The summed E-state index contributed by atoms with van der Waals surface area (Å²) < 4.78 is 42.6. The van der Waals surface area contributed by atoms with Crippen LogP contribution in [0.2, 0.25) is 0 Å². The van der Waals surface area contributed by atoms with Crippen molar-refractivity contribution >= 4 is 0 Å². The monoisotopic (exact) mass is 285 g/mol. The number of benzene rings is 1. The van der Waals surface area contributed by atoms with Gasteiger partial charge in [0, 0.05) is 5.56 Å². The Morgan fingerprint density at radius 3 is 2.05 bits per heavy atom. The lowest BCUT2D eigenvalue weighted by Crippen LogP contribution is -2.03. The lowest BCUT2D eigenvalue weighted by atomic mass is 10.1. The SMILES string of the molecule is CC.CCc1nc(-c2ccc(C(F)(F)F)cc2)oc1C. The van der Waals surface area contributed by atoms with Gasteiger partial charge in [-0.15, -0.1) is 0 Å². The molecule has 0 amide bonds. The number of oxazole rings is 1. The molecule has 0 spiro atoms. The zero-order valence-electron chi connectivity index (χ0n) is 12.0. The van der Waals surface area contributed by atoms with Gasteiger partial charge in [0.2, 0.25) is 5.89 Å². The average Bonchev–Trinajstić information content (AvgIpc) is 2.81. The maximum atomic E-state index is 12.4. The molecule has 0 aliphatic carbocycles. The van der Waals surface area contributed by atoms with Crippen LogP contribution in [-0.2, 0) is 12.6 Å². The first-order valence-electron chi connectivity index (χ1n) is 6.55. The number of rotatable bonds is 2. The minimum atomic E-state index is -4.32. The fraction of sp³-hybridized carbons (Fsp3) is 0.400. The Labute approximate surface area is 116 Å². The van der Waals surface area contributed by atoms with Gasteiger partial charge >= 0.3 is 6.18 Å². The summed E-state index contributed by atoms with van der Waals surface area (Å²) in [6.07, 6.45) is -3.59. The van der Waals surface area contributed by atoms with Crippen LogP contribution in [-0.4, -0.2) is 4.98 Å². The summed E-state index contributed by atoms with van der Waals surface area (Å²) in [4.78, 5) is 4.24. The van der Waals surface area contributed by atoms with E-state index in [9.17, 15) is 13.2 Å². The van der Waals surface area contributed by atoms with E-state index in [4.69, 9.17) is 4.42 Å². The van der Waals surface area contributed by atoms with Gasteiger partial charge in [0.25, 0.3) is 0 Å². The van der Waals surface area contributed by atoms with E-state index in [1.807, 2.05) is 20.8 Å². The molecule has 1 aromatic heterocycles. The smallest absolute Gasteiger partial charge is 0.416 e. The molecule has 0 aliphatic heterocycles.